The summed E-state index contributed by atoms with van der Waals surface area (Å²) in [5, 5.41) is 2.25. The van der Waals surface area contributed by atoms with Crippen LogP contribution in [0.4, 0.5) is 16.7 Å². The van der Waals surface area contributed by atoms with Crippen LogP contribution >= 0.6 is 0 Å². The first-order valence-corrected chi connectivity index (χ1v) is 10.2. The molecule has 1 aromatic carbocycles. The molecule has 0 unspecified atom stereocenters. The summed E-state index contributed by atoms with van der Waals surface area (Å²) >= 11 is 0. The SMILES string of the molecule is COC(=O)c1ccccc1S(=O)(=O)NC(=O)Nc1nc(-c2ccco2)nc(N(C)C)n1. The van der Waals surface area contributed by atoms with Crippen molar-refractivity contribution in [1.82, 2.24) is 19.7 Å². The summed E-state index contributed by atoms with van der Waals surface area (Å²) in [5.41, 5.74) is -0.222. The maximum atomic E-state index is 12.6. The van der Waals surface area contributed by atoms with Crippen molar-refractivity contribution in [3.8, 4) is 11.6 Å². The van der Waals surface area contributed by atoms with Crippen LogP contribution in [-0.2, 0) is 14.8 Å². The van der Waals surface area contributed by atoms with Crippen molar-refractivity contribution in [3.63, 3.8) is 0 Å². The number of urea groups is 1. The number of anilines is 2. The molecule has 12 nitrogen and oxygen atoms in total. The highest BCUT2D eigenvalue weighted by Gasteiger charge is 2.25. The van der Waals surface area contributed by atoms with E-state index >= 15 is 0 Å². The first-order chi connectivity index (χ1) is 14.7. The number of ether oxygens (including phenoxy) is 1. The molecule has 0 atom stereocenters. The Kier molecular flexibility index (Phi) is 6.15. The van der Waals surface area contributed by atoms with Crippen molar-refractivity contribution in [2.75, 3.05) is 31.4 Å². The van der Waals surface area contributed by atoms with Gasteiger partial charge >= 0.3 is 12.0 Å². The number of methoxy groups -OCH3 is 1. The molecular weight excluding hydrogens is 428 g/mol. The molecule has 3 aromatic rings. The largest absolute Gasteiger partial charge is 0.465 e. The predicted octanol–water partition coefficient (Wildman–Crippen LogP) is 1.49. The van der Waals surface area contributed by atoms with Crippen LogP contribution in [0.15, 0.2) is 52.0 Å². The lowest BCUT2D eigenvalue weighted by atomic mass is 10.2. The molecule has 0 saturated heterocycles. The summed E-state index contributed by atoms with van der Waals surface area (Å²) in [7, 11) is 0.0682. The fourth-order valence-corrected chi connectivity index (χ4v) is 3.52. The van der Waals surface area contributed by atoms with Gasteiger partial charge in [-0.25, -0.2) is 22.7 Å². The van der Waals surface area contributed by atoms with Gasteiger partial charge in [0.05, 0.1) is 18.9 Å². The number of furan rings is 1. The molecule has 0 aliphatic carbocycles. The van der Waals surface area contributed by atoms with Gasteiger partial charge in [-0.2, -0.15) is 15.0 Å². The Hall–Kier alpha value is -4.00. The normalized spacial score (nSPS) is 10.9. The molecule has 31 heavy (non-hydrogen) atoms. The maximum Gasteiger partial charge on any atom is 0.339 e. The number of aromatic nitrogens is 3. The Morgan fingerprint density at radius 3 is 2.45 bits per heavy atom. The minimum Gasteiger partial charge on any atom is -0.465 e. The minimum atomic E-state index is -4.41. The lowest BCUT2D eigenvalue weighted by Crippen LogP contribution is -2.35. The zero-order valence-corrected chi connectivity index (χ0v) is 17.5. The van der Waals surface area contributed by atoms with Crippen molar-refractivity contribution >= 4 is 33.9 Å². The monoisotopic (exact) mass is 446 g/mol. The van der Waals surface area contributed by atoms with Gasteiger partial charge in [-0.05, 0) is 24.3 Å². The average molecular weight is 446 g/mol. The Labute approximate surface area is 177 Å². The summed E-state index contributed by atoms with van der Waals surface area (Å²) in [5.74, 6) is -0.404. The smallest absolute Gasteiger partial charge is 0.339 e. The Morgan fingerprint density at radius 1 is 1.06 bits per heavy atom. The van der Waals surface area contributed by atoms with Gasteiger partial charge in [-0.1, -0.05) is 12.1 Å². The number of nitrogens with zero attached hydrogens (tertiary/aromatic N) is 4. The molecule has 2 N–H and O–H groups in total. The number of nitrogens with one attached hydrogen (secondary N) is 2. The number of benzene rings is 1. The quantitative estimate of drug-likeness (QED) is 0.532. The van der Waals surface area contributed by atoms with E-state index in [0.717, 1.165) is 7.11 Å². The van der Waals surface area contributed by atoms with Crippen LogP contribution in [0.25, 0.3) is 11.6 Å². The number of amides is 2. The molecule has 13 heteroatoms. The first-order valence-electron chi connectivity index (χ1n) is 8.69. The van der Waals surface area contributed by atoms with Crippen molar-refractivity contribution in [2.24, 2.45) is 0 Å². The van der Waals surface area contributed by atoms with Crippen LogP contribution < -0.4 is 14.9 Å². The molecule has 0 aliphatic heterocycles. The Bertz CT molecular complexity index is 1210. The van der Waals surface area contributed by atoms with Gasteiger partial charge in [0.1, 0.15) is 4.90 Å². The third-order valence-corrected chi connectivity index (χ3v) is 5.19. The highest BCUT2D eigenvalue weighted by Crippen LogP contribution is 2.20. The van der Waals surface area contributed by atoms with Crippen LogP contribution in [0, 0.1) is 0 Å². The Balaban J connectivity index is 1.86. The van der Waals surface area contributed by atoms with Gasteiger partial charge in [0, 0.05) is 14.1 Å². The number of carbonyl (C=O) groups excluding carboxylic acids is 2. The summed E-state index contributed by atoms with van der Waals surface area (Å²) in [6.07, 6.45) is 1.43. The first kappa shape index (κ1) is 21.7. The van der Waals surface area contributed by atoms with Crippen molar-refractivity contribution in [3.05, 3.63) is 48.2 Å². The van der Waals surface area contributed by atoms with Gasteiger partial charge in [-0.15, -0.1) is 0 Å². The molecule has 2 aromatic heterocycles. The lowest BCUT2D eigenvalue weighted by molar-refractivity contribution is 0.0596. The van der Waals surface area contributed by atoms with Gasteiger partial charge < -0.3 is 14.1 Å². The molecule has 162 valence electrons. The van der Waals surface area contributed by atoms with E-state index in [1.807, 2.05) is 4.72 Å². The second kappa shape index (κ2) is 8.79. The topological polar surface area (TPSA) is 157 Å². The van der Waals surface area contributed by atoms with Crippen LogP contribution in [0.3, 0.4) is 0 Å². The summed E-state index contributed by atoms with van der Waals surface area (Å²) < 4.78 is 37.0. The van der Waals surface area contributed by atoms with E-state index in [-0.39, 0.29) is 23.3 Å². The third kappa shape index (κ3) is 4.95. The standard InChI is InChI=1S/C18H18N6O6S/c1-24(2)17-20-14(12-8-6-10-30-12)19-16(21-17)22-18(26)23-31(27,28)13-9-5-4-7-11(13)15(25)29-3/h4-10H,1-3H3,(H2,19,20,21,22,23,26). The number of sulfonamides is 1. The molecular formula is C18H18N6O6S. The van der Waals surface area contributed by atoms with E-state index in [9.17, 15) is 18.0 Å². The minimum absolute atomic E-state index is 0.137. The molecule has 0 spiro atoms. The molecule has 0 aliphatic rings. The molecule has 2 amide bonds. The molecule has 0 radical (unpaired) electrons. The van der Waals surface area contributed by atoms with Gasteiger partial charge in [0.2, 0.25) is 17.7 Å². The Morgan fingerprint density at radius 2 is 1.81 bits per heavy atom. The van der Waals surface area contributed by atoms with E-state index in [0.29, 0.717) is 5.76 Å². The zero-order chi connectivity index (χ0) is 22.6. The van der Waals surface area contributed by atoms with Crippen molar-refractivity contribution in [2.45, 2.75) is 4.90 Å². The molecule has 2 heterocycles. The molecule has 0 fully saturated rings. The van der Waals surface area contributed by atoms with E-state index in [1.54, 1.807) is 31.1 Å². The van der Waals surface area contributed by atoms with Crippen LogP contribution in [0.5, 0.6) is 0 Å². The number of esters is 1. The summed E-state index contributed by atoms with van der Waals surface area (Å²) in [6.45, 7) is 0. The van der Waals surface area contributed by atoms with Crippen molar-refractivity contribution < 1.29 is 27.2 Å². The number of rotatable bonds is 6. The van der Waals surface area contributed by atoms with Crippen LogP contribution in [0.1, 0.15) is 10.4 Å². The number of carbonyl (C=O) groups is 2. The summed E-state index contributed by atoms with van der Waals surface area (Å²) in [4.78, 5) is 37.7. The van der Waals surface area contributed by atoms with Gasteiger partial charge in [0.25, 0.3) is 10.0 Å². The van der Waals surface area contributed by atoms with Gasteiger partial charge in [0.15, 0.2) is 5.76 Å². The number of hydrogen-bond donors (Lipinski definition) is 2. The van der Waals surface area contributed by atoms with Crippen molar-refractivity contribution in [1.29, 1.82) is 0 Å². The molecule has 3 rings (SSSR count). The number of hydrogen-bond acceptors (Lipinski definition) is 10. The zero-order valence-electron chi connectivity index (χ0n) is 16.7. The van der Waals surface area contributed by atoms with E-state index in [1.165, 1.54) is 30.5 Å². The van der Waals surface area contributed by atoms with E-state index < -0.39 is 26.9 Å². The summed E-state index contributed by atoms with van der Waals surface area (Å²) in [6, 6.07) is 7.43. The average Bonchev–Trinajstić information content (AvgIpc) is 3.27. The highest BCUT2D eigenvalue weighted by atomic mass is 32.2. The molecule has 0 bridgehead atoms. The second-order valence-electron chi connectivity index (χ2n) is 6.20. The third-order valence-electron chi connectivity index (χ3n) is 3.80. The van der Waals surface area contributed by atoms with E-state index in [4.69, 9.17) is 4.42 Å². The van der Waals surface area contributed by atoms with E-state index in [2.05, 4.69) is 25.0 Å². The molecule has 0 saturated carbocycles. The van der Waals surface area contributed by atoms with Crippen LogP contribution in [-0.4, -0.2) is 56.6 Å². The lowest BCUT2D eigenvalue weighted by Gasteiger charge is -2.13. The maximum absolute atomic E-state index is 12.6. The highest BCUT2D eigenvalue weighted by molar-refractivity contribution is 7.90. The van der Waals surface area contributed by atoms with Crippen LogP contribution in [0.2, 0.25) is 0 Å². The fraction of sp³-hybridized carbons (Fsp3) is 0.167. The predicted molar refractivity (Wildman–Crippen MR) is 109 cm³/mol. The second-order valence-corrected chi connectivity index (χ2v) is 7.85. The van der Waals surface area contributed by atoms with Gasteiger partial charge in [-0.3, -0.25) is 5.32 Å². The fourth-order valence-electron chi connectivity index (χ4n) is 2.42.